The van der Waals surface area contributed by atoms with Crippen LogP contribution in [0.2, 0.25) is 0 Å². The molecule has 2 rings (SSSR count). The molecule has 0 aromatic rings. The van der Waals surface area contributed by atoms with E-state index >= 15 is 0 Å². The maximum atomic E-state index is 9.18. The van der Waals surface area contributed by atoms with Crippen LogP contribution in [0.25, 0.3) is 0 Å². The fourth-order valence-electron chi connectivity index (χ4n) is 1.36. The van der Waals surface area contributed by atoms with Gasteiger partial charge in [-0.05, 0) is 38.1 Å². The molecule has 2 aliphatic rings. The van der Waals surface area contributed by atoms with E-state index in [0.717, 1.165) is 18.9 Å². The Kier molecular flexibility index (Phi) is 1.66. The molecule has 2 aliphatic carbocycles. The number of rotatable bonds is 3. The van der Waals surface area contributed by atoms with Gasteiger partial charge in [0.15, 0.2) is 0 Å². The maximum absolute atomic E-state index is 9.18. The zero-order valence-electron chi connectivity index (χ0n) is 6.21. The Balaban J connectivity index is 1.60. The third kappa shape index (κ3) is 1.32. The highest BCUT2D eigenvalue weighted by Crippen LogP contribution is 2.29. The summed E-state index contributed by atoms with van der Waals surface area (Å²) in [6, 6.07) is 0.431. The van der Waals surface area contributed by atoms with E-state index in [1.807, 2.05) is 0 Å². The van der Waals surface area contributed by atoms with Gasteiger partial charge in [-0.25, -0.2) is 0 Å². The van der Waals surface area contributed by atoms with Crippen LogP contribution in [0.1, 0.15) is 25.7 Å². The quantitative estimate of drug-likeness (QED) is 0.600. The first-order chi connectivity index (χ1) is 4.86. The van der Waals surface area contributed by atoms with Gasteiger partial charge >= 0.3 is 0 Å². The van der Waals surface area contributed by atoms with Crippen molar-refractivity contribution >= 4 is 0 Å². The highest BCUT2D eigenvalue weighted by Gasteiger charge is 2.30. The highest BCUT2D eigenvalue weighted by atomic mass is 16.3. The van der Waals surface area contributed by atoms with Crippen LogP contribution in [-0.2, 0) is 0 Å². The Hall–Kier alpha value is -0.0800. The predicted octanol–water partition coefficient (Wildman–Crippen LogP) is 0.509. The second kappa shape index (κ2) is 2.51. The fraction of sp³-hybridized carbons (Fsp3) is 1.00. The molecule has 0 heterocycles. The average molecular weight is 141 g/mol. The zero-order valence-corrected chi connectivity index (χ0v) is 6.21. The zero-order chi connectivity index (χ0) is 6.97. The molecule has 0 spiro atoms. The van der Waals surface area contributed by atoms with Gasteiger partial charge in [0.2, 0.25) is 0 Å². The molecule has 2 fully saturated rings. The van der Waals surface area contributed by atoms with E-state index in [1.165, 1.54) is 19.3 Å². The molecule has 2 nitrogen and oxygen atoms in total. The lowest BCUT2D eigenvalue weighted by molar-refractivity contribution is 0.0497. The lowest BCUT2D eigenvalue weighted by atomic mass is 9.89. The van der Waals surface area contributed by atoms with Crippen LogP contribution >= 0.6 is 0 Å². The SMILES string of the molecule is OC1CCC1NCC1CC1. The summed E-state index contributed by atoms with van der Waals surface area (Å²) in [5.41, 5.74) is 0. The summed E-state index contributed by atoms with van der Waals surface area (Å²) in [6.07, 6.45) is 4.93. The third-order valence-corrected chi connectivity index (χ3v) is 2.60. The number of hydrogen-bond acceptors (Lipinski definition) is 2. The first-order valence-corrected chi connectivity index (χ1v) is 4.28. The molecule has 2 heteroatoms. The van der Waals surface area contributed by atoms with Crippen molar-refractivity contribution in [3.8, 4) is 0 Å². The highest BCUT2D eigenvalue weighted by molar-refractivity contribution is 4.88. The number of nitrogens with one attached hydrogen (secondary N) is 1. The van der Waals surface area contributed by atoms with Gasteiger partial charge in [0.25, 0.3) is 0 Å². The largest absolute Gasteiger partial charge is 0.392 e. The van der Waals surface area contributed by atoms with E-state index in [4.69, 9.17) is 0 Å². The molecular formula is C8H15NO. The summed E-state index contributed by atoms with van der Waals surface area (Å²) in [5.74, 6) is 0.938. The Labute approximate surface area is 61.6 Å². The van der Waals surface area contributed by atoms with Crippen LogP contribution in [0.4, 0.5) is 0 Å². The smallest absolute Gasteiger partial charge is 0.0693 e. The second-order valence-corrected chi connectivity index (χ2v) is 3.60. The molecule has 0 amide bonds. The van der Waals surface area contributed by atoms with Crippen molar-refractivity contribution in [1.29, 1.82) is 0 Å². The van der Waals surface area contributed by atoms with E-state index < -0.39 is 0 Å². The van der Waals surface area contributed by atoms with Crippen molar-refractivity contribution in [3.63, 3.8) is 0 Å². The Morgan fingerprint density at radius 3 is 2.40 bits per heavy atom. The van der Waals surface area contributed by atoms with E-state index in [9.17, 15) is 5.11 Å². The van der Waals surface area contributed by atoms with Crippen LogP contribution in [0.15, 0.2) is 0 Å². The van der Waals surface area contributed by atoms with Gasteiger partial charge in [0.1, 0.15) is 0 Å². The standard InChI is InChI=1S/C8H15NO/c10-8-4-3-7(8)9-5-6-1-2-6/h6-10H,1-5H2. The molecule has 0 radical (unpaired) electrons. The fourth-order valence-corrected chi connectivity index (χ4v) is 1.36. The van der Waals surface area contributed by atoms with Gasteiger partial charge in [0.05, 0.1) is 6.10 Å². The molecule has 10 heavy (non-hydrogen) atoms. The van der Waals surface area contributed by atoms with Crippen LogP contribution in [-0.4, -0.2) is 23.8 Å². The molecular weight excluding hydrogens is 126 g/mol. The summed E-state index contributed by atoms with van der Waals surface area (Å²) < 4.78 is 0. The van der Waals surface area contributed by atoms with Crippen LogP contribution in [0.3, 0.4) is 0 Å². The van der Waals surface area contributed by atoms with Crippen LogP contribution < -0.4 is 5.32 Å². The molecule has 0 saturated heterocycles. The van der Waals surface area contributed by atoms with Crippen molar-refractivity contribution in [3.05, 3.63) is 0 Å². The minimum absolute atomic E-state index is 0.0428. The van der Waals surface area contributed by atoms with Gasteiger partial charge in [-0.1, -0.05) is 0 Å². The van der Waals surface area contributed by atoms with Gasteiger partial charge in [-0.3, -0.25) is 0 Å². The molecule has 2 saturated carbocycles. The second-order valence-electron chi connectivity index (χ2n) is 3.60. The van der Waals surface area contributed by atoms with Crippen molar-refractivity contribution in [2.75, 3.05) is 6.54 Å². The van der Waals surface area contributed by atoms with Gasteiger partial charge < -0.3 is 10.4 Å². The Morgan fingerprint density at radius 2 is 2.00 bits per heavy atom. The molecule has 2 atom stereocenters. The van der Waals surface area contributed by atoms with Crippen molar-refractivity contribution < 1.29 is 5.11 Å². The van der Waals surface area contributed by atoms with Gasteiger partial charge in [-0.2, -0.15) is 0 Å². The first kappa shape index (κ1) is 6.62. The van der Waals surface area contributed by atoms with E-state index in [1.54, 1.807) is 0 Å². The molecule has 2 unspecified atom stereocenters. The molecule has 0 aromatic carbocycles. The van der Waals surface area contributed by atoms with Crippen LogP contribution in [0.5, 0.6) is 0 Å². The van der Waals surface area contributed by atoms with Gasteiger partial charge in [-0.15, -0.1) is 0 Å². The summed E-state index contributed by atoms with van der Waals surface area (Å²) >= 11 is 0. The van der Waals surface area contributed by atoms with Crippen LogP contribution in [0, 0.1) is 5.92 Å². The molecule has 58 valence electrons. The molecule has 0 aromatic heterocycles. The normalized spacial score (nSPS) is 39.3. The average Bonchev–Trinajstić information content (AvgIpc) is 2.69. The topological polar surface area (TPSA) is 32.3 Å². The lowest BCUT2D eigenvalue weighted by Crippen LogP contribution is -2.48. The Bertz CT molecular complexity index is 122. The summed E-state index contributed by atoms with van der Waals surface area (Å²) in [6.45, 7) is 1.14. The van der Waals surface area contributed by atoms with E-state index in [2.05, 4.69) is 5.32 Å². The predicted molar refractivity (Wildman–Crippen MR) is 39.8 cm³/mol. The Morgan fingerprint density at radius 1 is 1.20 bits per heavy atom. The number of hydrogen-bond donors (Lipinski definition) is 2. The number of aliphatic hydroxyl groups is 1. The monoisotopic (exact) mass is 141 g/mol. The first-order valence-electron chi connectivity index (χ1n) is 4.28. The molecule has 0 bridgehead atoms. The summed E-state index contributed by atoms with van der Waals surface area (Å²) in [5, 5.41) is 12.6. The molecule has 2 N–H and O–H groups in total. The van der Waals surface area contributed by atoms with Gasteiger partial charge in [0, 0.05) is 6.04 Å². The van der Waals surface area contributed by atoms with Crippen molar-refractivity contribution in [2.45, 2.75) is 37.8 Å². The van der Waals surface area contributed by atoms with E-state index in [0.29, 0.717) is 6.04 Å². The number of aliphatic hydroxyl groups excluding tert-OH is 1. The van der Waals surface area contributed by atoms with Crippen molar-refractivity contribution in [2.24, 2.45) is 5.92 Å². The minimum atomic E-state index is -0.0428. The summed E-state index contributed by atoms with van der Waals surface area (Å²) in [4.78, 5) is 0. The van der Waals surface area contributed by atoms with E-state index in [-0.39, 0.29) is 6.10 Å². The summed E-state index contributed by atoms with van der Waals surface area (Å²) in [7, 11) is 0. The lowest BCUT2D eigenvalue weighted by Gasteiger charge is -2.33. The maximum Gasteiger partial charge on any atom is 0.0693 e. The van der Waals surface area contributed by atoms with Crippen molar-refractivity contribution in [1.82, 2.24) is 5.32 Å². The minimum Gasteiger partial charge on any atom is -0.392 e. The third-order valence-electron chi connectivity index (χ3n) is 2.60. The molecule has 0 aliphatic heterocycles.